The Morgan fingerprint density at radius 2 is 2.11 bits per heavy atom. The molecule has 1 saturated heterocycles. The molecule has 1 amide bonds. The van der Waals surface area contributed by atoms with E-state index >= 15 is 0 Å². The van der Waals surface area contributed by atoms with Gasteiger partial charge in [0.25, 0.3) is 0 Å². The average Bonchev–Trinajstić information content (AvgIpc) is 2.39. The predicted octanol–water partition coefficient (Wildman–Crippen LogP) is 2.27. The molecule has 4 heteroatoms. The number of thioether (sulfide) groups is 1. The monoisotopic (exact) mass is 262 g/mol. The molecule has 18 heavy (non-hydrogen) atoms. The lowest BCUT2D eigenvalue weighted by atomic mass is 9.91. The van der Waals surface area contributed by atoms with Crippen LogP contribution >= 0.6 is 11.8 Å². The van der Waals surface area contributed by atoms with E-state index in [0.717, 1.165) is 31.1 Å². The van der Waals surface area contributed by atoms with Crippen LogP contribution in [0.15, 0.2) is 23.1 Å². The van der Waals surface area contributed by atoms with Crippen molar-refractivity contribution in [2.45, 2.75) is 24.2 Å². The number of carbonyl (C=O) groups excluding carboxylic acids is 1. The van der Waals surface area contributed by atoms with E-state index in [9.17, 15) is 4.79 Å². The Bertz CT molecular complexity index is 455. The molecule has 96 valence electrons. The molecule has 1 aromatic carbocycles. The van der Waals surface area contributed by atoms with E-state index in [0.29, 0.717) is 5.75 Å². The summed E-state index contributed by atoms with van der Waals surface area (Å²) in [7, 11) is 0. The van der Waals surface area contributed by atoms with Crippen LogP contribution in [0.5, 0.6) is 0 Å². The van der Waals surface area contributed by atoms with E-state index in [-0.39, 0.29) is 5.91 Å². The Morgan fingerprint density at radius 1 is 1.28 bits per heavy atom. The highest BCUT2D eigenvalue weighted by Gasteiger charge is 2.17. The minimum atomic E-state index is 0.117. The molecular formula is C14H18N2OS. The minimum Gasteiger partial charge on any atom is -0.324 e. The van der Waals surface area contributed by atoms with Gasteiger partial charge in [-0.3, -0.25) is 4.79 Å². The summed E-state index contributed by atoms with van der Waals surface area (Å²) in [4.78, 5) is 12.6. The summed E-state index contributed by atoms with van der Waals surface area (Å²) < 4.78 is 0. The molecule has 1 fully saturated rings. The van der Waals surface area contributed by atoms with Gasteiger partial charge in [0.1, 0.15) is 0 Å². The first-order valence-corrected chi connectivity index (χ1v) is 7.56. The molecular weight excluding hydrogens is 244 g/mol. The van der Waals surface area contributed by atoms with Crippen molar-refractivity contribution in [3.8, 4) is 0 Å². The maximum absolute atomic E-state index is 11.4. The average molecular weight is 262 g/mol. The quantitative estimate of drug-likeness (QED) is 0.859. The van der Waals surface area contributed by atoms with E-state index in [1.807, 2.05) is 0 Å². The molecule has 2 aliphatic rings. The number of hydrogen-bond donors (Lipinski definition) is 2. The van der Waals surface area contributed by atoms with Crippen molar-refractivity contribution >= 4 is 23.4 Å². The first kappa shape index (κ1) is 12.1. The molecule has 0 unspecified atom stereocenters. The number of carbonyl (C=O) groups is 1. The third-order valence-corrected chi connectivity index (χ3v) is 4.73. The SMILES string of the molecule is O=C1CSc2ccc(CC3CCNCC3)cc2N1. The van der Waals surface area contributed by atoms with Crippen LogP contribution in [0.4, 0.5) is 5.69 Å². The molecule has 0 aromatic heterocycles. The fourth-order valence-corrected chi connectivity index (χ4v) is 3.46. The zero-order valence-corrected chi connectivity index (χ0v) is 11.2. The number of nitrogens with one attached hydrogen (secondary N) is 2. The van der Waals surface area contributed by atoms with Crippen molar-refractivity contribution in [3.63, 3.8) is 0 Å². The molecule has 0 radical (unpaired) electrons. The van der Waals surface area contributed by atoms with Gasteiger partial charge in [0, 0.05) is 4.90 Å². The summed E-state index contributed by atoms with van der Waals surface area (Å²) in [6.45, 7) is 2.28. The second-order valence-corrected chi connectivity index (χ2v) is 6.08. The largest absolute Gasteiger partial charge is 0.324 e. The van der Waals surface area contributed by atoms with E-state index < -0.39 is 0 Å². The Balaban J connectivity index is 1.73. The predicted molar refractivity (Wildman–Crippen MR) is 75.1 cm³/mol. The van der Waals surface area contributed by atoms with Crippen molar-refractivity contribution in [3.05, 3.63) is 23.8 Å². The fourth-order valence-electron chi connectivity index (χ4n) is 2.68. The fraction of sp³-hybridized carbons (Fsp3) is 0.500. The zero-order chi connectivity index (χ0) is 12.4. The summed E-state index contributed by atoms with van der Waals surface area (Å²) >= 11 is 1.63. The van der Waals surface area contributed by atoms with E-state index in [2.05, 4.69) is 28.8 Å². The molecule has 0 bridgehead atoms. The summed E-state index contributed by atoms with van der Waals surface area (Å²) in [5.41, 5.74) is 2.35. The second kappa shape index (κ2) is 5.33. The van der Waals surface area contributed by atoms with Crippen molar-refractivity contribution in [2.75, 3.05) is 24.2 Å². The van der Waals surface area contributed by atoms with Gasteiger partial charge in [-0.05, 0) is 56.0 Å². The van der Waals surface area contributed by atoms with Gasteiger partial charge in [-0.15, -0.1) is 11.8 Å². The smallest absolute Gasteiger partial charge is 0.234 e. The zero-order valence-electron chi connectivity index (χ0n) is 10.4. The second-order valence-electron chi connectivity index (χ2n) is 5.06. The first-order valence-electron chi connectivity index (χ1n) is 6.57. The van der Waals surface area contributed by atoms with Gasteiger partial charge in [0.05, 0.1) is 11.4 Å². The van der Waals surface area contributed by atoms with Gasteiger partial charge >= 0.3 is 0 Å². The molecule has 2 N–H and O–H groups in total. The van der Waals surface area contributed by atoms with Crippen molar-refractivity contribution in [1.82, 2.24) is 5.32 Å². The third kappa shape index (κ3) is 2.70. The Morgan fingerprint density at radius 3 is 2.94 bits per heavy atom. The molecule has 3 nitrogen and oxygen atoms in total. The highest BCUT2D eigenvalue weighted by molar-refractivity contribution is 8.00. The Labute approximate surface area is 112 Å². The maximum Gasteiger partial charge on any atom is 0.234 e. The molecule has 0 spiro atoms. The number of piperidine rings is 1. The number of anilines is 1. The lowest BCUT2D eigenvalue weighted by Crippen LogP contribution is -2.28. The van der Waals surface area contributed by atoms with Crippen LogP contribution in [0.2, 0.25) is 0 Å². The number of amides is 1. The number of fused-ring (bicyclic) bond motifs is 1. The summed E-state index contributed by atoms with van der Waals surface area (Å²) in [5.74, 6) is 1.45. The van der Waals surface area contributed by atoms with Gasteiger partial charge in [0.15, 0.2) is 0 Å². The van der Waals surface area contributed by atoms with Gasteiger partial charge in [-0.2, -0.15) is 0 Å². The third-order valence-electron chi connectivity index (χ3n) is 3.66. The van der Waals surface area contributed by atoms with Gasteiger partial charge < -0.3 is 10.6 Å². The lowest BCUT2D eigenvalue weighted by Gasteiger charge is -2.23. The molecule has 0 saturated carbocycles. The van der Waals surface area contributed by atoms with E-state index in [1.165, 1.54) is 23.3 Å². The Hall–Kier alpha value is -1.00. The minimum absolute atomic E-state index is 0.117. The van der Waals surface area contributed by atoms with Crippen LogP contribution in [0.25, 0.3) is 0 Å². The highest BCUT2D eigenvalue weighted by Crippen LogP contribution is 2.32. The van der Waals surface area contributed by atoms with Crippen molar-refractivity contribution < 1.29 is 4.79 Å². The van der Waals surface area contributed by atoms with Crippen LogP contribution in [-0.2, 0) is 11.2 Å². The van der Waals surface area contributed by atoms with Gasteiger partial charge in [0.2, 0.25) is 5.91 Å². The van der Waals surface area contributed by atoms with Crippen LogP contribution in [0, 0.1) is 5.92 Å². The van der Waals surface area contributed by atoms with E-state index in [4.69, 9.17) is 0 Å². The molecule has 0 atom stereocenters. The number of hydrogen-bond acceptors (Lipinski definition) is 3. The first-order chi connectivity index (χ1) is 8.81. The topological polar surface area (TPSA) is 41.1 Å². The maximum atomic E-state index is 11.4. The van der Waals surface area contributed by atoms with Gasteiger partial charge in [-0.1, -0.05) is 6.07 Å². The van der Waals surface area contributed by atoms with E-state index in [1.54, 1.807) is 11.8 Å². The standard InChI is InChI=1S/C14H18N2OS/c17-14-9-18-13-2-1-11(8-12(13)16-14)7-10-3-5-15-6-4-10/h1-2,8,10,15H,3-7,9H2,(H,16,17). The molecule has 3 rings (SSSR count). The van der Waals surface area contributed by atoms with Gasteiger partial charge in [-0.25, -0.2) is 0 Å². The molecule has 2 aliphatic heterocycles. The highest BCUT2D eigenvalue weighted by atomic mass is 32.2. The summed E-state index contributed by atoms with van der Waals surface area (Å²) in [5, 5.41) is 6.36. The number of rotatable bonds is 2. The molecule has 1 aromatic rings. The lowest BCUT2D eigenvalue weighted by molar-refractivity contribution is -0.113. The van der Waals surface area contributed by atoms with Crippen LogP contribution in [0.3, 0.4) is 0 Å². The van der Waals surface area contributed by atoms with Crippen LogP contribution in [-0.4, -0.2) is 24.7 Å². The van der Waals surface area contributed by atoms with Crippen molar-refractivity contribution in [2.24, 2.45) is 5.92 Å². The molecule has 0 aliphatic carbocycles. The van der Waals surface area contributed by atoms with Crippen LogP contribution in [0.1, 0.15) is 18.4 Å². The Kier molecular flexibility index (Phi) is 3.57. The number of benzene rings is 1. The van der Waals surface area contributed by atoms with Crippen molar-refractivity contribution in [1.29, 1.82) is 0 Å². The summed E-state index contributed by atoms with van der Waals surface area (Å²) in [6, 6.07) is 6.52. The normalized spacial score (nSPS) is 20.3. The molecule has 2 heterocycles. The summed E-state index contributed by atoms with van der Waals surface area (Å²) in [6.07, 6.45) is 3.66. The van der Waals surface area contributed by atoms with Crippen LogP contribution < -0.4 is 10.6 Å².